The number of esters is 1. The van der Waals surface area contributed by atoms with Crippen LogP contribution in [0.5, 0.6) is 0 Å². The molecule has 0 saturated heterocycles. The second kappa shape index (κ2) is 10.2. The van der Waals surface area contributed by atoms with Gasteiger partial charge < -0.3 is 14.6 Å². The van der Waals surface area contributed by atoms with Crippen molar-refractivity contribution in [2.45, 2.75) is 32.1 Å². The standard InChI is InChI=1S/C33H29N3O3/c1-3-38-32(37)33(17-18-33)28-15-13-24(14-16-28)23-9-11-25(12-10-23)31-30(22(2)36-39-31)35-29-8-4-6-26(20-29)27-7-5-19-34-21-27/h4-16,19-21,35H,3,17-18H2,1-2H3. The van der Waals surface area contributed by atoms with Crippen LogP contribution in [0.4, 0.5) is 11.4 Å². The molecular formula is C33H29N3O3. The number of hydrogen-bond donors (Lipinski definition) is 1. The van der Waals surface area contributed by atoms with Gasteiger partial charge in [0.25, 0.3) is 0 Å². The normalized spacial score (nSPS) is 13.6. The van der Waals surface area contributed by atoms with Gasteiger partial charge in [-0.25, -0.2) is 0 Å². The van der Waals surface area contributed by atoms with Gasteiger partial charge in [0.2, 0.25) is 0 Å². The van der Waals surface area contributed by atoms with Gasteiger partial charge >= 0.3 is 5.97 Å². The van der Waals surface area contributed by atoms with E-state index in [1.54, 1.807) is 6.20 Å². The maximum Gasteiger partial charge on any atom is 0.316 e. The van der Waals surface area contributed by atoms with E-state index >= 15 is 0 Å². The monoisotopic (exact) mass is 515 g/mol. The van der Waals surface area contributed by atoms with E-state index in [9.17, 15) is 4.79 Å². The average molecular weight is 516 g/mol. The Balaban J connectivity index is 1.22. The lowest BCUT2D eigenvalue weighted by Gasteiger charge is -2.14. The molecule has 0 aliphatic heterocycles. The summed E-state index contributed by atoms with van der Waals surface area (Å²) >= 11 is 0. The number of nitrogens with one attached hydrogen (secondary N) is 1. The average Bonchev–Trinajstić information content (AvgIpc) is 3.73. The highest BCUT2D eigenvalue weighted by atomic mass is 16.5. The highest BCUT2D eigenvalue weighted by molar-refractivity contribution is 5.87. The largest absolute Gasteiger partial charge is 0.465 e. The summed E-state index contributed by atoms with van der Waals surface area (Å²) in [5.41, 5.74) is 8.37. The Bertz CT molecular complexity index is 1600. The molecule has 6 heteroatoms. The minimum atomic E-state index is -0.455. The van der Waals surface area contributed by atoms with E-state index in [1.165, 1.54) is 0 Å². The van der Waals surface area contributed by atoms with Crippen LogP contribution in [0.15, 0.2) is 102 Å². The second-order valence-electron chi connectivity index (χ2n) is 9.88. The Morgan fingerprint density at radius 1 is 0.897 bits per heavy atom. The van der Waals surface area contributed by atoms with Crippen molar-refractivity contribution in [2.75, 3.05) is 11.9 Å². The molecule has 0 atom stereocenters. The fourth-order valence-electron chi connectivity index (χ4n) is 4.97. The van der Waals surface area contributed by atoms with Gasteiger partial charge in [-0.15, -0.1) is 0 Å². The van der Waals surface area contributed by atoms with Crippen molar-refractivity contribution in [3.63, 3.8) is 0 Å². The lowest BCUT2D eigenvalue weighted by Crippen LogP contribution is -2.23. The number of hydrogen-bond acceptors (Lipinski definition) is 6. The number of carbonyl (C=O) groups excluding carboxylic acids is 1. The molecule has 1 N–H and O–H groups in total. The predicted octanol–water partition coefficient (Wildman–Crippen LogP) is 7.72. The topological polar surface area (TPSA) is 77.2 Å². The van der Waals surface area contributed by atoms with Crippen LogP contribution in [0.2, 0.25) is 0 Å². The molecule has 2 heterocycles. The van der Waals surface area contributed by atoms with Crippen LogP contribution in [-0.2, 0) is 14.9 Å². The van der Waals surface area contributed by atoms with E-state index in [4.69, 9.17) is 9.26 Å². The molecule has 0 radical (unpaired) electrons. The zero-order chi connectivity index (χ0) is 26.8. The summed E-state index contributed by atoms with van der Waals surface area (Å²) < 4.78 is 11.1. The van der Waals surface area contributed by atoms with Crippen LogP contribution in [0.1, 0.15) is 31.0 Å². The summed E-state index contributed by atoms with van der Waals surface area (Å²) in [5, 5.41) is 7.74. The van der Waals surface area contributed by atoms with Crippen molar-refractivity contribution in [1.29, 1.82) is 0 Å². The van der Waals surface area contributed by atoms with Gasteiger partial charge in [0.05, 0.1) is 12.0 Å². The van der Waals surface area contributed by atoms with E-state index < -0.39 is 5.41 Å². The Hall–Kier alpha value is -4.71. The molecule has 39 heavy (non-hydrogen) atoms. The summed E-state index contributed by atoms with van der Waals surface area (Å²) in [6.45, 7) is 4.19. The molecule has 2 aromatic heterocycles. The van der Waals surface area contributed by atoms with Crippen LogP contribution in [0.3, 0.4) is 0 Å². The highest BCUT2D eigenvalue weighted by Crippen LogP contribution is 2.49. The molecular weight excluding hydrogens is 486 g/mol. The number of carbonyl (C=O) groups is 1. The first kappa shape index (κ1) is 24.6. The zero-order valence-electron chi connectivity index (χ0n) is 22.0. The maximum absolute atomic E-state index is 12.4. The molecule has 194 valence electrons. The molecule has 0 amide bonds. The quantitative estimate of drug-likeness (QED) is 0.213. The minimum absolute atomic E-state index is 0.113. The van der Waals surface area contributed by atoms with Crippen molar-refractivity contribution < 1.29 is 14.1 Å². The highest BCUT2D eigenvalue weighted by Gasteiger charge is 2.52. The van der Waals surface area contributed by atoms with Crippen LogP contribution < -0.4 is 5.32 Å². The number of aromatic nitrogens is 2. The van der Waals surface area contributed by atoms with Gasteiger partial charge in [-0.2, -0.15) is 0 Å². The van der Waals surface area contributed by atoms with Crippen LogP contribution in [0.25, 0.3) is 33.6 Å². The molecule has 1 aliphatic carbocycles. The molecule has 5 aromatic rings. The Morgan fingerprint density at radius 2 is 1.59 bits per heavy atom. The van der Waals surface area contributed by atoms with Gasteiger partial charge in [-0.05, 0) is 67.1 Å². The second-order valence-corrected chi connectivity index (χ2v) is 9.88. The zero-order valence-corrected chi connectivity index (χ0v) is 22.0. The first-order valence-corrected chi connectivity index (χ1v) is 13.2. The van der Waals surface area contributed by atoms with Gasteiger partial charge in [0.1, 0.15) is 11.4 Å². The molecule has 1 fully saturated rings. The fraction of sp³-hybridized carbons (Fsp3) is 0.182. The molecule has 0 spiro atoms. The number of rotatable bonds is 8. The van der Waals surface area contributed by atoms with Crippen LogP contribution in [0, 0.1) is 6.92 Å². The molecule has 1 saturated carbocycles. The summed E-state index contributed by atoms with van der Waals surface area (Å²) in [6, 6.07) is 28.7. The van der Waals surface area contributed by atoms with Gasteiger partial charge in [0.15, 0.2) is 5.76 Å². The first-order chi connectivity index (χ1) is 19.1. The molecule has 1 aliphatic rings. The number of pyridine rings is 1. The van der Waals surface area contributed by atoms with E-state index in [-0.39, 0.29) is 5.97 Å². The third-order valence-electron chi connectivity index (χ3n) is 7.32. The Morgan fingerprint density at radius 3 is 2.26 bits per heavy atom. The first-order valence-electron chi connectivity index (χ1n) is 13.2. The summed E-state index contributed by atoms with van der Waals surface area (Å²) in [5.74, 6) is 0.573. The molecule has 6 rings (SSSR count). The molecule has 0 unspecified atom stereocenters. The Labute approximate surface area is 227 Å². The summed E-state index contributed by atoms with van der Waals surface area (Å²) in [7, 11) is 0. The van der Waals surface area contributed by atoms with E-state index in [1.807, 2.05) is 56.4 Å². The van der Waals surface area contributed by atoms with Crippen molar-refractivity contribution >= 4 is 17.3 Å². The fourth-order valence-corrected chi connectivity index (χ4v) is 4.97. The van der Waals surface area contributed by atoms with Gasteiger partial charge in [0, 0.05) is 29.2 Å². The number of aryl methyl sites for hydroxylation is 1. The van der Waals surface area contributed by atoms with Crippen LogP contribution in [-0.4, -0.2) is 22.7 Å². The number of nitrogens with zero attached hydrogens (tertiary/aromatic N) is 2. The third-order valence-corrected chi connectivity index (χ3v) is 7.32. The third kappa shape index (κ3) is 4.81. The predicted molar refractivity (Wildman–Crippen MR) is 153 cm³/mol. The molecule has 6 nitrogen and oxygen atoms in total. The SMILES string of the molecule is CCOC(=O)C1(c2ccc(-c3ccc(-c4onc(C)c4Nc4cccc(-c5cccnc5)c4)cc3)cc2)CC1. The van der Waals surface area contributed by atoms with Gasteiger partial charge in [-0.3, -0.25) is 9.78 Å². The smallest absolute Gasteiger partial charge is 0.316 e. The number of anilines is 2. The number of benzene rings is 3. The van der Waals surface area contributed by atoms with E-state index in [2.05, 4.69) is 64.0 Å². The van der Waals surface area contributed by atoms with Crippen molar-refractivity contribution in [1.82, 2.24) is 10.1 Å². The van der Waals surface area contributed by atoms with Crippen molar-refractivity contribution in [2.24, 2.45) is 0 Å². The lowest BCUT2D eigenvalue weighted by molar-refractivity contribution is -0.146. The van der Waals surface area contributed by atoms with E-state index in [0.29, 0.717) is 12.4 Å². The summed E-state index contributed by atoms with van der Waals surface area (Å²) in [6.07, 6.45) is 5.32. The maximum atomic E-state index is 12.4. The van der Waals surface area contributed by atoms with Crippen molar-refractivity contribution in [3.8, 4) is 33.6 Å². The molecule has 3 aromatic carbocycles. The lowest BCUT2D eigenvalue weighted by atomic mass is 9.93. The van der Waals surface area contributed by atoms with Crippen molar-refractivity contribution in [3.05, 3.63) is 109 Å². The van der Waals surface area contributed by atoms with Gasteiger partial charge in [-0.1, -0.05) is 71.9 Å². The van der Waals surface area contributed by atoms with E-state index in [0.717, 1.165) is 63.3 Å². The molecule has 0 bridgehead atoms. The van der Waals surface area contributed by atoms with Crippen LogP contribution >= 0.6 is 0 Å². The number of ether oxygens (including phenoxy) is 1. The minimum Gasteiger partial charge on any atom is -0.465 e. The summed E-state index contributed by atoms with van der Waals surface area (Å²) in [4.78, 5) is 16.7. The Kier molecular flexibility index (Phi) is 6.45.